The molecule has 1 heterocycles. The van der Waals surface area contributed by atoms with E-state index in [2.05, 4.69) is 12.2 Å². The quantitative estimate of drug-likeness (QED) is 0.924. The van der Waals surface area contributed by atoms with Crippen LogP contribution in [0, 0.1) is 5.92 Å². The van der Waals surface area contributed by atoms with Crippen molar-refractivity contribution in [1.82, 2.24) is 5.32 Å². The average Bonchev–Trinajstić information content (AvgIpc) is 2.58. The maximum Gasteiger partial charge on any atom is 0.251 e. The van der Waals surface area contributed by atoms with Crippen molar-refractivity contribution in [1.29, 1.82) is 0 Å². The Labute approximate surface area is 140 Å². The van der Waals surface area contributed by atoms with Crippen LogP contribution in [0.4, 0.5) is 0 Å². The third-order valence-corrected chi connectivity index (χ3v) is 5.94. The highest BCUT2D eigenvalue weighted by molar-refractivity contribution is 7.18. The Morgan fingerprint density at radius 1 is 1.35 bits per heavy atom. The van der Waals surface area contributed by atoms with Gasteiger partial charge in [-0.25, -0.2) is 0 Å². The van der Waals surface area contributed by atoms with Gasteiger partial charge in [-0.15, -0.1) is 11.3 Å². The minimum absolute atomic E-state index is 0.0578. The van der Waals surface area contributed by atoms with Crippen LogP contribution in [0.25, 0.3) is 10.1 Å². The summed E-state index contributed by atoms with van der Waals surface area (Å²) in [5.74, 6) is 0.629. The molecule has 1 aromatic carbocycles. The third kappa shape index (κ3) is 3.18. The maximum absolute atomic E-state index is 12.7. The highest BCUT2D eigenvalue weighted by Gasteiger charge is 2.22. The standard InChI is InChI=1S/C19H23NO2S/c1-3-9-20-19(22)13-6-8-15-17(11-13)23-16-10-12(4-2)5-7-14(16)18(15)21/h6,8,11-12H,3-5,7,9-10H2,1-2H3,(H,20,22). The number of amides is 1. The molecule has 0 saturated heterocycles. The SMILES string of the molecule is CCCNC(=O)c1ccc2c(=O)c3c(sc2c1)CC(CC)CC3. The molecule has 122 valence electrons. The van der Waals surface area contributed by atoms with Crippen LogP contribution in [0.5, 0.6) is 0 Å². The Morgan fingerprint density at radius 3 is 2.91 bits per heavy atom. The lowest BCUT2D eigenvalue weighted by Crippen LogP contribution is -2.24. The summed E-state index contributed by atoms with van der Waals surface area (Å²) in [5, 5.41) is 3.65. The van der Waals surface area contributed by atoms with Crippen molar-refractivity contribution in [2.45, 2.75) is 46.0 Å². The summed E-state index contributed by atoms with van der Waals surface area (Å²) >= 11 is 1.70. The van der Waals surface area contributed by atoms with Crippen LogP contribution in [0.1, 0.15) is 53.9 Å². The first-order chi connectivity index (χ1) is 11.1. The van der Waals surface area contributed by atoms with Crippen molar-refractivity contribution in [2.75, 3.05) is 6.54 Å². The maximum atomic E-state index is 12.7. The number of benzene rings is 1. The number of hydrogen-bond acceptors (Lipinski definition) is 3. The summed E-state index contributed by atoms with van der Waals surface area (Å²) in [6, 6.07) is 5.47. The van der Waals surface area contributed by atoms with Gasteiger partial charge in [0.25, 0.3) is 5.91 Å². The summed E-state index contributed by atoms with van der Waals surface area (Å²) in [7, 11) is 0. The molecule has 3 nitrogen and oxygen atoms in total. The summed E-state index contributed by atoms with van der Waals surface area (Å²) in [6.07, 6.45) is 5.11. The fourth-order valence-corrected chi connectivity index (χ4v) is 4.60. The Kier molecular flexibility index (Phi) is 4.81. The molecule has 0 aliphatic heterocycles. The summed E-state index contributed by atoms with van der Waals surface area (Å²) in [4.78, 5) is 26.1. The Morgan fingerprint density at radius 2 is 2.17 bits per heavy atom. The van der Waals surface area contributed by atoms with Crippen LogP contribution < -0.4 is 10.7 Å². The Balaban J connectivity index is 2.02. The van der Waals surface area contributed by atoms with Crippen molar-refractivity contribution in [3.63, 3.8) is 0 Å². The largest absolute Gasteiger partial charge is 0.352 e. The first-order valence-corrected chi connectivity index (χ1v) is 9.32. The topological polar surface area (TPSA) is 46.2 Å². The van der Waals surface area contributed by atoms with Gasteiger partial charge in [0.2, 0.25) is 0 Å². The Bertz CT molecular complexity index is 794. The zero-order chi connectivity index (χ0) is 16.4. The van der Waals surface area contributed by atoms with E-state index in [4.69, 9.17) is 0 Å². The van der Waals surface area contributed by atoms with Crippen LogP contribution in [-0.4, -0.2) is 12.5 Å². The minimum Gasteiger partial charge on any atom is -0.352 e. The van der Waals surface area contributed by atoms with Crippen molar-refractivity contribution >= 4 is 27.3 Å². The van der Waals surface area contributed by atoms with Gasteiger partial charge < -0.3 is 5.32 Å². The van der Waals surface area contributed by atoms with Gasteiger partial charge in [0.1, 0.15) is 0 Å². The van der Waals surface area contributed by atoms with Gasteiger partial charge in [0.05, 0.1) is 0 Å². The van der Waals surface area contributed by atoms with E-state index in [0.717, 1.165) is 47.8 Å². The summed E-state index contributed by atoms with van der Waals surface area (Å²) < 4.78 is 0.939. The summed E-state index contributed by atoms with van der Waals surface area (Å²) in [6.45, 7) is 4.92. The Hall–Kier alpha value is -1.68. The van der Waals surface area contributed by atoms with E-state index < -0.39 is 0 Å². The molecule has 0 saturated carbocycles. The smallest absolute Gasteiger partial charge is 0.251 e. The first kappa shape index (κ1) is 16.2. The van der Waals surface area contributed by atoms with E-state index in [1.54, 1.807) is 17.4 Å². The number of hydrogen-bond donors (Lipinski definition) is 1. The van der Waals surface area contributed by atoms with Crippen molar-refractivity contribution in [2.24, 2.45) is 5.92 Å². The molecule has 0 bridgehead atoms. The van der Waals surface area contributed by atoms with Crippen LogP contribution >= 0.6 is 11.3 Å². The van der Waals surface area contributed by atoms with Crippen LogP contribution in [0.3, 0.4) is 0 Å². The lowest BCUT2D eigenvalue weighted by molar-refractivity contribution is 0.0954. The second-order valence-electron chi connectivity index (χ2n) is 6.32. The fourth-order valence-electron chi connectivity index (χ4n) is 3.24. The van der Waals surface area contributed by atoms with Crippen LogP contribution in [0.2, 0.25) is 0 Å². The number of carbonyl (C=O) groups is 1. The van der Waals surface area contributed by atoms with E-state index in [-0.39, 0.29) is 11.3 Å². The molecular formula is C19H23NO2S. The summed E-state index contributed by atoms with van der Waals surface area (Å²) in [5.41, 5.74) is 1.82. The molecule has 1 aromatic heterocycles. The third-order valence-electron chi connectivity index (χ3n) is 4.72. The molecule has 2 aromatic rings. The number of rotatable bonds is 4. The highest BCUT2D eigenvalue weighted by atomic mass is 32.1. The van der Waals surface area contributed by atoms with Gasteiger partial charge in [0, 0.05) is 32.6 Å². The molecule has 1 N–H and O–H groups in total. The molecular weight excluding hydrogens is 306 g/mol. The van der Waals surface area contributed by atoms with Crippen molar-refractivity contribution in [3.8, 4) is 0 Å². The van der Waals surface area contributed by atoms with Crippen LogP contribution in [-0.2, 0) is 12.8 Å². The molecule has 1 unspecified atom stereocenters. The lowest BCUT2D eigenvalue weighted by Gasteiger charge is -2.22. The van der Waals surface area contributed by atoms with Crippen molar-refractivity contribution < 1.29 is 4.79 Å². The van der Waals surface area contributed by atoms with E-state index >= 15 is 0 Å². The van der Waals surface area contributed by atoms with Gasteiger partial charge in [0.15, 0.2) is 5.43 Å². The predicted molar refractivity (Wildman–Crippen MR) is 96.5 cm³/mol. The molecule has 0 fully saturated rings. The van der Waals surface area contributed by atoms with E-state index in [1.165, 1.54) is 4.88 Å². The monoisotopic (exact) mass is 329 g/mol. The second kappa shape index (κ2) is 6.83. The lowest BCUT2D eigenvalue weighted by atomic mass is 9.86. The molecule has 4 heteroatoms. The number of nitrogens with one attached hydrogen (secondary N) is 1. The van der Waals surface area contributed by atoms with Gasteiger partial charge in [-0.2, -0.15) is 0 Å². The van der Waals surface area contributed by atoms with Crippen molar-refractivity contribution in [3.05, 3.63) is 44.4 Å². The zero-order valence-electron chi connectivity index (χ0n) is 13.8. The van der Waals surface area contributed by atoms with Crippen LogP contribution in [0.15, 0.2) is 23.0 Å². The molecule has 0 spiro atoms. The normalized spacial score (nSPS) is 17.0. The zero-order valence-corrected chi connectivity index (χ0v) is 14.6. The van der Waals surface area contributed by atoms with Gasteiger partial charge in [-0.3, -0.25) is 9.59 Å². The van der Waals surface area contributed by atoms with E-state index in [9.17, 15) is 9.59 Å². The molecule has 1 aliphatic rings. The molecule has 0 radical (unpaired) electrons. The predicted octanol–water partition coefficient (Wildman–Crippen LogP) is 3.92. The number of fused-ring (bicyclic) bond motifs is 2. The number of carbonyl (C=O) groups excluding carboxylic acids is 1. The van der Waals surface area contributed by atoms with Gasteiger partial charge in [-0.05, 0) is 49.8 Å². The van der Waals surface area contributed by atoms with Gasteiger partial charge in [-0.1, -0.05) is 20.3 Å². The molecule has 23 heavy (non-hydrogen) atoms. The van der Waals surface area contributed by atoms with Gasteiger partial charge >= 0.3 is 0 Å². The fraction of sp³-hybridized carbons (Fsp3) is 0.474. The molecule has 1 atom stereocenters. The van der Waals surface area contributed by atoms with E-state index in [1.807, 2.05) is 19.1 Å². The molecule has 1 aliphatic carbocycles. The minimum atomic E-state index is -0.0578. The van der Waals surface area contributed by atoms with E-state index in [0.29, 0.717) is 18.0 Å². The highest BCUT2D eigenvalue weighted by Crippen LogP contribution is 2.32. The second-order valence-corrected chi connectivity index (χ2v) is 7.45. The molecule has 1 amide bonds. The first-order valence-electron chi connectivity index (χ1n) is 8.50. The average molecular weight is 329 g/mol. The molecule has 3 rings (SSSR count).